The monoisotopic (exact) mass is 162 g/mol. The molecule has 0 aromatic heterocycles. The Morgan fingerprint density at radius 1 is 1.40 bits per heavy atom. The van der Waals surface area contributed by atoms with Crippen molar-refractivity contribution in [1.82, 2.24) is 0 Å². The van der Waals surface area contributed by atoms with Crippen molar-refractivity contribution in [3.05, 3.63) is 0 Å². The quantitative estimate of drug-likeness (QED) is 0.583. The zero-order valence-corrected chi connectivity index (χ0v) is 8.63. The van der Waals surface area contributed by atoms with Gasteiger partial charge in [0.05, 0.1) is 8.46 Å². The van der Waals surface area contributed by atoms with Gasteiger partial charge in [0.1, 0.15) is 0 Å². The molecule has 0 saturated carbocycles. The molecular formula is C8H19OP. The zero-order chi connectivity index (χ0) is 8.20. The molecule has 62 valence electrons. The Kier molecular flexibility index (Phi) is 4.28. The summed E-state index contributed by atoms with van der Waals surface area (Å²) < 4.78 is 10.3. The van der Waals surface area contributed by atoms with E-state index < -0.39 is 8.46 Å². The van der Waals surface area contributed by atoms with Gasteiger partial charge in [0.2, 0.25) is 0 Å². The average Bonchev–Trinajstić information content (AvgIpc) is 1.59. The minimum absolute atomic E-state index is 0.397. The Morgan fingerprint density at radius 3 is 2.20 bits per heavy atom. The van der Waals surface area contributed by atoms with Gasteiger partial charge in [-0.3, -0.25) is 0 Å². The van der Waals surface area contributed by atoms with E-state index in [4.69, 9.17) is 0 Å². The molecule has 10 heavy (non-hydrogen) atoms. The van der Waals surface area contributed by atoms with Crippen molar-refractivity contribution < 1.29 is 4.57 Å². The highest BCUT2D eigenvalue weighted by Crippen LogP contribution is 2.25. The fourth-order valence-corrected chi connectivity index (χ4v) is 1.79. The Morgan fingerprint density at radius 2 is 1.90 bits per heavy atom. The lowest BCUT2D eigenvalue weighted by atomic mass is 9.86. The maximum atomic E-state index is 10.3. The lowest BCUT2D eigenvalue weighted by Gasteiger charge is -2.21. The van der Waals surface area contributed by atoms with E-state index >= 15 is 0 Å². The number of rotatable bonds is 3. The van der Waals surface area contributed by atoms with Gasteiger partial charge in [-0.1, -0.05) is 27.7 Å². The van der Waals surface area contributed by atoms with Crippen LogP contribution < -0.4 is 0 Å². The molecule has 0 spiro atoms. The average molecular weight is 162 g/mol. The van der Waals surface area contributed by atoms with E-state index in [-0.39, 0.29) is 0 Å². The summed E-state index contributed by atoms with van der Waals surface area (Å²) in [4.78, 5) is 0. The van der Waals surface area contributed by atoms with E-state index in [0.29, 0.717) is 11.3 Å². The van der Waals surface area contributed by atoms with Crippen molar-refractivity contribution in [2.75, 3.05) is 6.16 Å². The second-order valence-electron chi connectivity index (χ2n) is 4.27. The lowest BCUT2D eigenvalue weighted by molar-refractivity contribution is 0.322. The van der Waals surface area contributed by atoms with Crippen molar-refractivity contribution in [1.29, 1.82) is 0 Å². The molecule has 2 heteroatoms. The highest BCUT2D eigenvalue weighted by molar-refractivity contribution is 7.23. The summed E-state index contributed by atoms with van der Waals surface area (Å²) in [5.41, 5.74) is 0.397. The maximum absolute atomic E-state index is 10.3. The predicted molar refractivity (Wildman–Crippen MR) is 48.5 cm³/mol. The van der Waals surface area contributed by atoms with Crippen LogP contribution in [0.3, 0.4) is 0 Å². The van der Waals surface area contributed by atoms with Gasteiger partial charge in [-0.25, -0.2) is 0 Å². The molecule has 2 atom stereocenters. The van der Waals surface area contributed by atoms with Crippen LogP contribution in [0.15, 0.2) is 0 Å². The molecule has 0 heterocycles. The molecule has 2 unspecified atom stereocenters. The predicted octanol–water partition coefficient (Wildman–Crippen LogP) is 2.82. The molecule has 0 aliphatic heterocycles. The van der Waals surface area contributed by atoms with E-state index in [1.54, 1.807) is 0 Å². The standard InChI is InChI=1S/C8H19OP/c1-7(6-10-9)5-8(2,3)4/h7H,5-6,10H2,1-4H3. The van der Waals surface area contributed by atoms with Crippen molar-refractivity contribution in [3.63, 3.8) is 0 Å². The third kappa shape index (κ3) is 6.35. The van der Waals surface area contributed by atoms with Crippen molar-refractivity contribution >= 4 is 8.46 Å². The van der Waals surface area contributed by atoms with Crippen LogP contribution in [0.25, 0.3) is 0 Å². The smallest absolute Gasteiger partial charge is 0.0648 e. The van der Waals surface area contributed by atoms with Crippen LogP contribution in [-0.2, 0) is 4.57 Å². The molecule has 1 nitrogen and oxygen atoms in total. The summed E-state index contributed by atoms with van der Waals surface area (Å²) >= 11 is 0. The highest BCUT2D eigenvalue weighted by Gasteiger charge is 2.13. The largest absolute Gasteiger partial charge is 0.330 e. The van der Waals surface area contributed by atoms with Gasteiger partial charge in [0, 0.05) is 0 Å². The first-order chi connectivity index (χ1) is 4.45. The van der Waals surface area contributed by atoms with E-state index in [1.165, 1.54) is 6.42 Å². The summed E-state index contributed by atoms with van der Waals surface area (Å²) in [6.07, 6.45) is 2.10. The first-order valence-corrected chi connectivity index (χ1v) is 5.18. The van der Waals surface area contributed by atoms with Crippen LogP contribution in [0, 0.1) is 11.3 Å². The zero-order valence-electron chi connectivity index (χ0n) is 7.48. The molecule has 0 aliphatic carbocycles. The van der Waals surface area contributed by atoms with Gasteiger partial charge >= 0.3 is 0 Å². The maximum Gasteiger partial charge on any atom is 0.0648 e. The van der Waals surface area contributed by atoms with Crippen LogP contribution in [0.4, 0.5) is 0 Å². The second-order valence-corrected chi connectivity index (χ2v) is 5.08. The summed E-state index contributed by atoms with van der Waals surface area (Å²) in [5.74, 6) is 0.632. The molecule has 0 rings (SSSR count). The van der Waals surface area contributed by atoms with Gasteiger partial charge < -0.3 is 4.57 Å². The van der Waals surface area contributed by atoms with Crippen molar-refractivity contribution in [3.8, 4) is 0 Å². The van der Waals surface area contributed by atoms with Crippen molar-refractivity contribution in [2.24, 2.45) is 11.3 Å². The fraction of sp³-hybridized carbons (Fsp3) is 1.00. The van der Waals surface area contributed by atoms with E-state index in [1.807, 2.05) is 0 Å². The number of hydrogen-bond donors (Lipinski definition) is 0. The summed E-state index contributed by atoms with van der Waals surface area (Å²) in [5, 5.41) is 0. The molecule has 0 N–H and O–H groups in total. The fourth-order valence-electron chi connectivity index (χ4n) is 1.29. The van der Waals surface area contributed by atoms with Crippen LogP contribution in [-0.4, -0.2) is 6.16 Å². The molecule has 0 aromatic carbocycles. The van der Waals surface area contributed by atoms with Gasteiger partial charge in [-0.05, 0) is 23.9 Å². The first-order valence-electron chi connectivity index (χ1n) is 3.89. The molecule has 0 amide bonds. The third-order valence-corrected chi connectivity index (χ3v) is 2.46. The van der Waals surface area contributed by atoms with Crippen LogP contribution >= 0.6 is 8.46 Å². The third-order valence-electron chi connectivity index (χ3n) is 1.46. The molecule has 0 aromatic rings. The summed E-state index contributed by atoms with van der Waals surface area (Å²) in [6.45, 7) is 8.85. The minimum Gasteiger partial charge on any atom is -0.330 e. The van der Waals surface area contributed by atoms with E-state index in [0.717, 1.165) is 6.16 Å². The topological polar surface area (TPSA) is 17.1 Å². The Balaban J connectivity index is 3.56. The van der Waals surface area contributed by atoms with Crippen LogP contribution in [0.2, 0.25) is 0 Å². The highest BCUT2D eigenvalue weighted by atomic mass is 31.1. The van der Waals surface area contributed by atoms with Gasteiger partial charge in [0.15, 0.2) is 0 Å². The van der Waals surface area contributed by atoms with Gasteiger partial charge in [-0.2, -0.15) is 0 Å². The SMILES string of the molecule is CC(C[PH2]=O)CC(C)(C)C. The minimum atomic E-state index is -0.539. The van der Waals surface area contributed by atoms with Crippen molar-refractivity contribution in [2.45, 2.75) is 34.1 Å². The van der Waals surface area contributed by atoms with Gasteiger partial charge in [-0.15, -0.1) is 0 Å². The number of hydrogen-bond acceptors (Lipinski definition) is 1. The Labute approximate surface area is 65.4 Å². The molecule has 0 fully saturated rings. The molecule has 0 aliphatic rings. The second kappa shape index (κ2) is 4.18. The van der Waals surface area contributed by atoms with E-state index in [9.17, 15) is 4.57 Å². The normalized spacial score (nSPS) is 16.4. The molecule has 0 bridgehead atoms. The molecule has 0 saturated heterocycles. The summed E-state index contributed by atoms with van der Waals surface area (Å²) in [7, 11) is -0.539. The summed E-state index contributed by atoms with van der Waals surface area (Å²) in [6, 6.07) is 0. The Hall–Kier alpha value is 0.230. The van der Waals surface area contributed by atoms with Crippen LogP contribution in [0.5, 0.6) is 0 Å². The van der Waals surface area contributed by atoms with E-state index in [2.05, 4.69) is 27.7 Å². The van der Waals surface area contributed by atoms with Gasteiger partial charge in [0.25, 0.3) is 0 Å². The first kappa shape index (κ1) is 10.2. The lowest BCUT2D eigenvalue weighted by Crippen LogP contribution is -2.11. The molecule has 0 radical (unpaired) electrons. The molecular weight excluding hydrogens is 143 g/mol. The van der Waals surface area contributed by atoms with Crippen LogP contribution in [0.1, 0.15) is 34.1 Å². The Bertz CT molecular complexity index is 104.